The first kappa shape index (κ1) is 15.4. The SMILES string of the molecule is Cn1cc(/C=C/C(=O)NNC(=O)C23CC4CC(CC(C4)C2)C3)cn1. The van der Waals surface area contributed by atoms with E-state index in [2.05, 4.69) is 16.0 Å². The van der Waals surface area contributed by atoms with Gasteiger partial charge < -0.3 is 0 Å². The van der Waals surface area contributed by atoms with Crippen molar-refractivity contribution >= 4 is 17.9 Å². The minimum atomic E-state index is -0.322. The third-order valence-corrected chi connectivity index (χ3v) is 5.97. The summed E-state index contributed by atoms with van der Waals surface area (Å²) in [5.41, 5.74) is 5.81. The quantitative estimate of drug-likeness (QED) is 0.656. The first-order chi connectivity index (χ1) is 11.5. The number of hydrogen-bond donors (Lipinski definition) is 2. The summed E-state index contributed by atoms with van der Waals surface area (Å²) in [6.07, 6.45) is 13.5. The number of amides is 2. The molecule has 1 aromatic heterocycles. The maximum absolute atomic E-state index is 12.7. The molecule has 4 bridgehead atoms. The van der Waals surface area contributed by atoms with Crippen molar-refractivity contribution in [1.29, 1.82) is 0 Å². The van der Waals surface area contributed by atoms with Crippen molar-refractivity contribution in [1.82, 2.24) is 20.6 Å². The van der Waals surface area contributed by atoms with E-state index >= 15 is 0 Å². The number of carbonyl (C=O) groups is 2. The van der Waals surface area contributed by atoms with E-state index in [4.69, 9.17) is 0 Å². The normalized spacial score (nSPS) is 33.8. The van der Waals surface area contributed by atoms with Gasteiger partial charge in [-0.2, -0.15) is 5.10 Å². The molecule has 4 aliphatic rings. The molecule has 5 rings (SSSR count). The Hall–Kier alpha value is -2.11. The molecule has 1 heterocycles. The molecular weight excluding hydrogens is 304 g/mol. The molecule has 4 saturated carbocycles. The van der Waals surface area contributed by atoms with E-state index in [-0.39, 0.29) is 17.2 Å². The molecule has 4 aliphatic carbocycles. The van der Waals surface area contributed by atoms with Gasteiger partial charge in [0.25, 0.3) is 5.91 Å². The number of aromatic nitrogens is 2. The number of nitrogens with one attached hydrogen (secondary N) is 2. The number of hydrazine groups is 1. The molecule has 2 amide bonds. The second kappa shape index (κ2) is 5.76. The monoisotopic (exact) mass is 328 g/mol. The topological polar surface area (TPSA) is 76.0 Å². The van der Waals surface area contributed by atoms with E-state index in [1.165, 1.54) is 25.3 Å². The summed E-state index contributed by atoms with van der Waals surface area (Å²) in [6, 6.07) is 0. The average molecular weight is 328 g/mol. The lowest BCUT2D eigenvalue weighted by Gasteiger charge is -2.55. The average Bonchev–Trinajstić information content (AvgIpc) is 2.95. The maximum Gasteiger partial charge on any atom is 0.262 e. The molecule has 6 heteroatoms. The predicted octanol–water partition coefficient (Wildman–Crippen LogP) is 1.80. The Morgan fingerprint density at radius 2 is 1.79 bits per heavy atom. The zero-order chi connectivity index (χ0) is 16.7. The highest BCUT2D eigenvalue weighted by atomic mass is 16.2. The molecule has 0 aliphatic heterocycles. The van der Waals surface area contributed by atoms with Crippen molar-refractivity contribution in [3.8, 4) is 0 Å². The van der Waals surface area contributed by atoms with Crippen LogP contribution >= 0.6 is 0 Å². The minimum Gasteiger partial charge on any atom is -0.275 e. The summed E-state index contributed by atoms with van der Waals surface area (Å²) in [7, 11) is 1.82. The summed E-state index contributed by atoms with van der Waals surface area (Å²) in [4.78, 5) is 24.6. The second-order valence-electron chi connectivity index (χ2n) is 7.92. The Morgan fingerprint density at radius 3 is 2.33 bits per heavy atom. The van der Waals surface area contributed by atoms with E-state index in [0.717, 1.165) is 24.8 Å². The Kier molecular flexibility index (Phi) is 3.70. The molecule has 0 spiro atoms. The van der Waals surface area contributed by atoms with E-state index in [1.54, 1.807) is 17.0 Å². The molecular formula is C18H24N4O2. The maximum atomic E-state index is 12.7. The van der Waals surface area contributed by atoms with Gasteiger partial charge in [0.15, 0.2) is 0 Å². The van der Waals surface area contributed by atoms with Crippen molar-refractivity contribution in [2.24, 2.45) is 30.2 Å². The third kappa shape index (κ3) is 2.85. The van der Waals surface area contributed by atoms with Crippen LogP contribution in [-0.2, 0) is 16.6 Å². The second-order valence-corrected chi connectivity index (χ2v) is 7.92. The van der Waals surface area contributed by atoms with Gasteiger partial charge in [-0.1, -0.05) is 0 Å². The molecule has 2 N–H and O–H groups in total. The first-order valence-electron chi connectivity index (χ1n) is 8.79. The van der Waals surface area contributed by atoms with Crippen LogP contribution in [0.1, 0.15) is 44.1 Å². The molecule has 0 aromatic carbocycles. The number of carbonyl (C=O) groups excluding carboxylic acids is 2. The lowest BCUT2D eigenvalue weighted by atomic mass is 9.49. The van der Waals surface area contributed by atoms with Gasteiger partial charge in [0.1, 0.15) is 0 Å². The van der Waals surface area contributed by atoms with Gasteiger partial charge in [0, 0.05) is 24.9 Å². The predicted molar refractivity (Wildman–Crippen MR) is 89.1 cm³/mol. The van der Waals surface area contributed by atoms with Crippen molar-refractivity contribution in [2.45, 2.75) is 38.5 Å². The van der Waals surface area contributed by atoms with Crippen molar-refractivity contribution in [3.05, 3.63) is 24.0 Å². The van der Waals surface area contributed by atoms with Gasteiger partial charge in [0.05, 0.1) is 11.6 Å². The van der Waals surface area contributed by atoms with Gasteiger partial charge in [-0.3, -0.25) is 25.1 Å². The zero-order valence-corrected chi connectivity index (χ0v) is 14.0. The summed E-state index contributed by atoms with van der Waals surface area (Å²) in [5.74, 6) is 1.82. The van der Waals surface area contributed by atoms with Crippen LogP contribution in [0.4, 0.5) is 0 Å². The van der Waals surface area contributed by atoms with Crippen LogP contribution in [0.5, 0.6) is 0 Å². The molecule has 0 saturated heterocycles. The van der Waals surface area contributed by atoms with Crippen LogP contribution in [0.2, 0.25) is 0 Å². The van der Waals surface area contributed by atoms with E-state index < -0.39 is 0 Å². The van der Waals surface area contributed by atoms with Gasteiger partial charge in [-0.25, -0.2) is 0 Å². The van der Waals surface area contributed by atoms with Crippen molar-refractivity contribution in [2.75, 3.05) is 0 Å². The van der Waals surface area contributed by atoms with Crippen LogP contribution in [0.15, 0.2) is 18.5 Å². The van der Waals surface area contributed by atoms with Gasteiger partial charge in [-0.15, -0.1) is 0 Å². The number of aryl methyl sites for hydroxylation is 1. The molecule has 0 radical (unpaired) electrons. The number of rotatable bonds is 3. The summed E-state index contributed by atoms with van der Waals surface area (Å²) < 4.78 is 1.67. The van der Waals surface area contributed by atoms with E-state index in [9.17, 15) is 9.59 Å². The lowest BCUT2D eigenvalue weighted by Crippen LogP contribution is -2.56. The van der Waals surface area contributed by atoms with Crippen LogP contribution in [0.3, 0.4) is 0 Å². The fourth-order valence-electron chi connectivity index (χ4n) is 5.38. The fraction of sp³-hybridized carbons (Fsp3) is 0.611. The number of hydrogen-bond acceptors (Lipinski definition) is 3. The Labute approximate surface area is 141 Å². The summed E-state index contributed by atoms with van der Waals surface area (Å²) >= 11 is 0. The van der Waals surface area contributed by atoms with Crippen LogP contribution in [0.25, 0.3) is 6.08 Å². The molecule has 6 nitrogen and oxygen atoms in total. The van der Waals surface area contributed by atoms with E-state index in [0.29, 0.717) is 17.8 Å². The molecule has 1 aromatic rings. The van der Waals surface area contributed by atoms with Crippen LogP contribution in [-0.4, -0.2) is 21.6 Å². The van der Waals surface area contributed by atoms with Gasteiger partial charge >= 0.3 is 0 Å². The molecule has 0 atom stereocenters. The minimum absolute atomic E-state index is 0.00438. The highest BCUT2D eigenvalue weighted by Gasteiger charge is 2.54. The third-order valence-electron chi connectivity index (χ3n) is 5.97. The van der Waals surface area contributed by atoms with Crippen molar-refractivity contribution in [3.63, 3.8) is 0 Å². The van der Waals surface area contributed by atoms with E-state index in [1.807, 2.05) is 13.2 Å². The van der Waals surface area contributed by atoms with Crippen LogP contribution < -0.4 is 10.9 Å². The Bertz CT molecular complexity index is 656. The summed E-state index contributed by atoms with van der Waals surface area (Å²) in [5, 5.41) is 4.04. The van der Waals surface area contributed by atoms with Gasteiger partial charge in [-0.05, 0) is 62.4 Å². The smallest absolute Gasteiger partial charge is 0.262 e. The first-order valence-corrected chi connectivity index (χ1v) is 8.79. The molecule has 4 fully saturated rings. The standard InChI is InChI=1S/C18H24N4O2/c1-22-11-12(10-19-22)2-3-16(23)20-21-17(24)18-7-13-4-14(8-18)6-15(5-13)9-18/h2-3,10-11,13-15H,4-9H2,1H3,(H,20,23)(H,21,24)/b3-2+. The molecule has 24 heavy (non-hydrogen) atoms. The zero-order valence-electron chi connectivity index (χ0n) is 14.0. The molecule has 128 valence electrons. The highest BCUT2D eigenvalue weighted by molar-refractivity contribution is 5.93. The number of nitrogens with zero attached hydrogens (tertiary/aromatic N) is 2. The lowest BCUT2D eigenvalue weighted by molar-refractivity contribution is -0.148. The Balaban J connectivity index is 1.33. The van der Waals surface area contributed by atoms with Crippen LogP contribution in [0, 0.1) is 23.2 Å². The Morgan fingerprint density at radius 1 is 1.17 bits per heavy atom. The fourth-order valence-corrected chi connectivity index (χ4v) is 5.38. The van der Waals surface area contributed by atoms with Gasteiger partial charge in [0.2, 0.25) is 5.91 Å². The largest absolute Gasteiger partial charge is 0.275 e. The molecule has 0 unspecified atom stereocenters. The highest BCUT2D eigenvalue weighted by Crippen LogP contribution is 2.59. The van der Waals surface area contributed by atoms with Crippen molar-refractivity contribution < 1.29 is 9.59 Å². The summed E-state index contributed by atoms with van der Waals surface area (Å²) in [6.45, 7) is 0.